The second-order valence-electron chi connectivity index (χ2n) is 5.48. The first-order chi connectivity index (χ1) is 11.2. The van der Waals surface area contributed by atoms with Crippen LogP contribution in [0.2, 0.25) is 0 Å². The van der Waals surface area contributed by atoms with Crippen LogP contribution in [0.5, 0.6) is 0 Å². The molecule has 2 aromatic heterocycles. The van der Waals surface area contributed by atoms with Crippen LogP contribution in [0.3, 0.4) is 0 Å². The fourth-order valence-corrected chi connectivity index (χ4v) is 2.54. The highest BCUT2D eigenvalue weighted by molar-refractivity contribution is 5.75. The van der Waals surface area contributed by atoms with Crippen LogP contribution in [-0.4, -0.2) is 38.5 Å². The summed E-state index contributed by atoms with van der Waals surface area (Å²) in [5.41, 5.74) is 4.85. The monoisotopic (exact) mass is 307 g/mol. The maximum Gasteiger partial charge on any atom is 0.156 e. The van der Waals surface area contributed by atoms with Gasteiger partial charge in [0.25, 0.3) is 0 Å². The average molecular weight is 307 g/mol. The van der Waals surface area contributed by atoms with Gasteiger partial charge >= 0.3 is 0 Å². The lowest BCUT2D eigenvalue weighted by molar-refractivity contribution is 0.507. The highest BCUT2D eigenvalue weighted by atomic mass is 15.4. The fraction of sp³-hybridized carbons (Fsp3) is 0.278. The Labute approximate surface area is 136 Å². The second-order valence-corrected chi connectivity index (χ2v) is 5.48. The van der Waals surface area contributed by atoms with Crippen molar-refractivity contribution in [2.45, 2.75) is 20.3 Å². The van der Waals surface area contributed by atoms with Crippen molar-refractivity contribution in [2.75, 3.05) is 13.6 Å². The van der Waals surface area contributed by atoms with E-state index < -0.39 is 0 Å². The molecule has 2 heterocycles. The molecule has 0 bridgehead atoms. The molecule has 0 radical (unpaired) electrons. The number of hydrogen-bond acceptors (Lipinski definition) is 4. The van der Waals surface area contributed by atoms with Gasteiger partial charge in [0.2, 0.25) is 0 Å². The molecule has 1 aromatic carbocycles. The van der Waals surface area contributed by atoms with Gasteiger partial charge in [-0.15, -0.1) is 5.10 Å². The summed E-state index contributed by atoms with van der Waals surface area (Å²) in [7, 11) is 2.03. The zero-order chi connectivity index (χ0) is 16.4. The Kier molecular flexibility index (Phi) is 4.10. The lowest BCUT2D eigenvalue weighted by Crippen LogP contribution is -2.17. The summed E-state index contributed by atoms with van der Waals surface area (Å²) in [5.74, 6) is 0.761. The second kappa shape index (κ2) is 6.20. The summed E-state index contributed by atoms with van der Waals surface area (Å²) < 4.78 is 1.78. The first-order valence-electron chi connectivity index (χ1n) is 7.86. The molecular formula is C18H21N5. The van der Waals surface area contributed by atoms with Crippen LogP contribution in [0.4, 0.5) is 0 Å². The Morgan fingerprint density at radius 2 is 1.96 bits per heavy atom. The van der Waals surface area contributed by atoms with Crippen molar-refractivity contribution in [3.63, 3.8) is 0 Å². The number of nitrogens with zero attached hydrogens (tertiary/aromatic N) is 5. The molecule has 0 fully saturated rings. The van der Waals surface area contributed by atoms with Crippen LogP contribution in [0.15, 0.2) is 43.0 Å². The van der Waals surface area contributed by atoms with Crippen LogP contribution < -0.4 is 0 Å². The average Bonchev–Trinajstić information content (AvgIpc) is 3.04. The van der Waals surface area contributed by atoms with Gasteiger partial charge in [0.15, 0.2) is 5.82 Å². The van der Waals surface area contributed by atoms with E-state index in [4.69, 9.17) is 4.98 Å². The number of aromatic nitrogens is 4. The van der Waals surface area contributed by atoms with Crippen molar-refractivity contribution in [3.8, 4) is 5.82 Å². The van der Waals surface area contributed by atoms with Crippen LogP contribution >= 0.6 is 0 Å². The molecule has 0 spiro atoms. The molecule has 118 valence electrons. The molecular weight excluding hydrogens is 286 g/mol. The summed E-state index contributed by atoms with van der Waals surface area (Å²) in [5, 5.41) is 8.45. The fourth-order valence-electron chi connectivity index (χ4n) is 2.54. The van der Waals surface area contributed by atoms with E-state index in [0.29, 0.717) is 0 Å². The number of rotatable bonds is 5. The highest BCUT2D eigenvalue weighted by Gasteiger charge is 2.14. The molecule has 3 rings (SSSR count). The van der Waals surface area contributed by atoms with E-state index >= 15 is 0 Å². The molecule has 0 aliphatic heterocycles. The van der Waals surface area contributed by atoms with E-state index in [9.17, 15) is 0 Å². The quantitative estimate of drug-likeness (QED) is 0.725. The van der Waals surface area contributed by atoms with Crippen molar-refractivity contribution in [2.24, 2.45) is 0 Å². The van der Waals surface area contributed by atoms with Gasteiger partial charge < -0.3 is 4.90 Å². The molecule has 0 aliphatic carbocycles. The van der Waals surface area contributed by atoms with E-state index in [-0.39, 0.29) is 0 Å². The van der Waals surface area contributed by atoms with Gasteiger partial charge in [0.05, 0.1) is 16.9 Å². The minimum atomic E-state index is 0.761. The Bertz CT molecular complexity index is 849. The molecule has 3 aromatic rings. The Morgan fingerprint density at radius 3 is 2.70 bits per heavy atom. The molecule has 5 nitrogen and oxygen atoms in total. The lowest BCUT2D eigenvalue weighted by Gasteiger charge is -2.21. The predicted octanol–water partition coefficient (Wildman–Crippen LogP) is 3.30. The number of hydrogen-bond donors (Lipinski definition) is 0. The number of fused-ring (bicyclic) bond motifs is 1. The van der Waals surface area contributed by atoms with E-state index in [0.717, 1.165) is 41.2 Å². The van der Waals surface area contributed by atoms with E-state index in [1.54, 1.807) is 4.68 Å². The van der Waals surface area contributed by atoms with Gasteiger partial charge in [0.1, 0.15) is 5.52 Å². The Hall–Kier alpha value is -2.69. The summed E-state index contributed by atoms with van der Waals surface area (Å²) in [6.45, 7) is 9.33. The van der Waals surface area contributed by atoms with E-state index in [1.807, 2.05) is 37.4 Å². The summed E-state index contributed by atoms with van der Waals surface area (Å²) in [6, 6.07) is 12.0. The first-order valence-corrected chi connectivity index (χ1v) is 7.86. The van der Waals surface area contributed by atoms with Crippen molar-refractivity contribution in [1.82, 2.24) is 24.9 Å². The Morgan fingerprint density at radius 1 is 1.17 bits per heavy atom. The first kappa shape index (κ1) is 15.2. The zero-order valence-corrected chi connectivity index (χ0v) is 13.8. The van der Waals surface area contributed by atoms with Crippen LogP contribution in [-0.2, 0) is 6.42 Å². The minimum absolute atomic E-state index is 0.761. The van der Waals surface area contributed by atoms with Crippen molar-refractivity contribution in [3.05, 3.63) is 54.2 Å². The van der Waals surface area contributed by atoms with E-state index in [2.05, 4.69) is 41.7 Å². The maximum atomic E-state index is 4.82. The molecule has 0 saturated carbocycles. The molecule has 0 aliphatic rings. The topological polar surface area (TPSA) is 46.8 Å². The van der Waals surface area contributed by atoms with Crippen LogP contribution in [0.25, 0.3) is 22.5 Å². The third-order valence-corrected chi connectivity index (χ3v) is 4.12. The molecule has 23 heavy (non-hydrogen) atoms. The standard InChI is InChI=1S/C18H21N5/c1-5-14-11-12-17(19-18(14)13(3)22(4)6-2)23-16-10-8-7-9-15(16)20-21-23/h7-12H,3,5-6H2,1-2,4H3. The number of aryl methyl sites for hydroxylation is 1. The molecule has 0 N–H and O–H groups in total. The van der Waals surface area contributed by atoms with Gasteiger partial charge in [0, 0.05) is 13.6 Å². The van der Waals surface area contributed by atoms with Crippen LogP contribution in [0, 0.1) is 0 Å². The predicted molar refractivity (Wildman–Crippen MR) is 93.4 cm³/mol. The Balaban J connectivity index is 2.13. The number of para-hydroxylation sites is 1. The summed E-state index contributed by atoms with van der Waals surface area (Å²) in [4.78, 5) is 6.93. The third-order valence-electron chi connectivity index (χ3n) is 4.12. The zero-order valence-electron chi connectivity index (χ0n) is 13.8. The van der Waals surface area contributed by atoms with Crippen molar-refractivity contribution in [1.29, 1.82) is 0 Å². The van der Waals surface area contributed by atoms with Gasteiger partial charge in [-0.3, -0.25) is 0 Å². The smallest absolute Gasteiger partial charge is 0.156 e. The molecule has 0 atom stereocenters. The number of pyridine rings is 1. The van der Waals surface area contributed by atoms with E-state index in [1.165, 1.54) is 5.56 Å². The maximum absolute atomic E-state index is 4.82. The van der Waals surface area contributed by atoms with Gasteiger partial charge in [-0.25, -0.2) is 4.98 Å². The molecule has 0 saturated heterocycles. The van der Waals surface area contributed by atoms with Crippen molar-refractivity contribution >= 4 is 16.7 Å². The van der Waals surface area contributed by atoms with Gasteiger partial charge in [-0.1, -0.05) is 36.9 Å². The summed E-state index contributed by atoms with van der Waals surface area (Å²) >= 11 is 0. The normalized spacial score (nSPS) is 10.9. The van der Waals surface area contributed by atoms with Crippen LogP contribution in [0.1, 0.15) is 25.1 Å². The third kappa shape index (κ3) is 2.70. The SMILES string of the molecule is C=C(c1nc(-n2nnc3ccccc32)ccc1CC)N(C)CC. The van der Waals surface area contributed by atoms with Crippen molar-refractivity contribution < 1.29 is 0 Å². The minimum Gasteiger partial charge on any atom is -0.374 e. The lowest BCUT2D eigenvalue weighted by atomic mass is 10.1. The van der Waals surface area contributed by atoms with Gasteiger partial charge in [-0.2, -0.15) is 4.68 Å². The summed E-state index contributed by atoms with van der Waals surface area (Å²) in [6.07, 6.45) is 0.914. The molecule has 5 heteroatoms. The highest BCUT2D eigenvalue weighted by Crippen LogP contribution is 2.22. The number of benzene rings is 1. The molecule has 0 amide bonds. The molecule has 0 unspecified atom stereocenters. The largest absolute Gasteiger partial charge is 0.374 e. The van der Waals surface area contributed by atoms with Gasteiger partial charge in [-0.05, 0) is 37.1 Å².